The molecule has 0 aliphatic carbocycles. The predicted octanol–water partition coefficient (Wildman–Crippen LogP) is 2.08. The Morgan fingerprint density at radius 3 is 2.95 bits per heavy atom. The maximum atomic E-state index is 5.22. The lowest BCUT2D eigenvalue weighted by atomic mass is 10.2. The van der Waals surface area contributed by atoms with Crippen molar-refractivity contribution < 1.29 is 4.74 Å². The summed E-state index contributed by atoms with van der Waals surface area (Å²) in [5, 5.41) is 7.80. The van der Waals surface area contributed by atoms with E-state index in [4.69, 9.17) is 4.74 Å². The van der Waals surface area contributed by atoms with Crippen molar-refractivity contribution in [3.05, 3.63) is 42.0 Å². The molecule has 0 saturated heterocycles. The minimum atomic E-state index is 0.633. The molecule has 1 heterocycles. The van der Waals surface area contributed by atoms with Crippen molar-refractivity contribution in [3.8, 4) is 5.75 Å². The lowest BCUT2D eigenvalue weighted by Crippen LogP contribution is -2.19. The Morgan fingerprint density at radius 2 is 2.20 bits per heavy atom. The summed E-state index contributed by atoms with van der Waals surface area (Å²) in [5.74, 6) is 2.32. The van der Waals surface area contributed by atoms with Gasteiger partial charge in [0.1, 0.15) is 12.1 Å². The fraction of sp³-hybridized carbons (Fsp3) is 0.467. The molecule has 0 bridgehead atoms. The van der Waals surface area contributed by atoms with E-state index in [1.165, 1.54) is 0 Å². The zero-order chi connectivity index (χ0) is 14.4. The number of hydrogen-bond donors (Lipinski definition) is 1. The van der Waals surface area contributed by atoms with Gasteiger partial charge in [0, 0.05) is 0 Å². The van der Waals surface area contributed by atoms with Gasteiger partial charge in [-0.3, -0.25) is 0 Å². The van der Waals surface area contributed by atoms with Crippen molar-refractivity contribution in [3.63, 3.8) is 0 Å². The molecule has 0 atom stereocenters. The van der Waals surface area contributed by atoms with E-state index < -0.39 is 0 Å². The molecular weight excluding hydrogens is 252 g/mol. The fourth-order valence-corrected chi connectivity index (χ4v) is 1.92. The van der Waals surface area contributed by atoms with Crippen molar-refractivity contribution in [1.29, 1.82) is 0 Å². The first-order valence-electron chi connectivity index (χ1n) is 6.89. The molecule has 0 aliphatic rings. The highest BCUT2D eigenvalue weighted by atomic mass is 16.5. The lowest BCUT2D eigenvalue weighted by molar-refractivity contribution is 0.414. The molecule has 0 spiro atoms. The highest BCUT2D eigenvalue weighted by Gasteiger charge is 2.03. The molecule has 1 aromatic heterocycles. The summed E-state index contributed by atoms with van der Waals surface area (Å²) >= 11 is 0. The molecule has 20 heavy (non-hydrogen) atoms. The van der Waals surface area contributed by atoms with Crippen LogP contribution in [0.3, 0.4) is 0 Å². The van der Waals surface area contributed by atoms with Gasteiger partial charge in [-0.05, 0) is 30.2 Å². The van der Waals surface area contributed by atoms with E-state index >= 15 is 0 Å². The number of rotatable bonds is 7. The van der Waals surface area contributed by atoms with E-state index in [0.29, 0.717) is 19.0 Å². The molecule has 1 N–H and O–H groups in total. The van der Waals surface area contributed by atoms with Gasteiger partial charge in [0.25, 0.3) is 0 Å². The first-order chi connectivity index (χ1) is 9.67. The van der Waals surface area contributed by atoms with Crippen LogP contribution in [0.4, 0.5) is 0 Å². The molecule has 108 valence electrons. The van der Waals surface area contributed by atoms with Crippen LogP contribution in [0, 0.1) is 5.92 Å². The molecule has 5 nitrogen and oxygen atoms in total. The second-order valence-electron chi connectivity index (χ2n) is 5.23. The molecule has 2 rings (SSSR count). The SMILES string of the molecule is COc1cccc(Cn2cnc(CNCC(C)C)n2)c1. The van der Waals surface area contributed by atoms with E-state index in [-0.39, 0.29) is 0 Å². The number of nitrogens with zero attached hydrogens (tertiary/aromatic N) is 3. The second-order valence-corrected chi connectivity index (χ2v) is 5.23. The molecule has 0 aliphatic heterocycles. The zero-order valence-electron chi connectivity index (χ0n) is 12.3. The Kier molecular flexibility index (Phi) is 5.12. The highest BCUT2D eigenvalue weighted by Crippen LogP contribution is 2.13. The van der Waals surface area contributed by atoms with E-state index in [1.54, 1.807) is 13.4 Å². The lowest BCUT2D eigenvalue weighted by Gasteiger charge is -2.05. The van der Waals surface area contributed by atoms with Gasteiger partial charge in [-0.15, -0.1) is 0 Å². The maximum Gasteiger partial charge on any atom is 0.164 e. The number of ether oxygens (including phenoxy) is 1. The Balaban J connectivity index is 1.91. The highest BCUT2D eigenvalue weighted by molar-refractivity contribution is 5.28. The number of benzene rings is 1. The third kappa shape index (κ3) is 4.35. The van der Waals surface area contributed by atoms with Crippen LogP contribution in [0.2, 0.25) is 0 Å². The minimum absolute atomic E-state index is 0.633. The van der Waals surface area contributed by atoms with Crippen LogP contribution in [0.25, 0.3) is 0 Å². The minimum Gasteiger partial charge on any atom is -0.497 e. The number of aromatic nitrogens is 3. The summed E-state index contributed by atoms with van der Waals surface area (Å²) in [6, 6.07) is 7.99. The van der Waals surface area contributed by atoms with E-state index in [1.807, 2.05) is 22.9 Å². The number of hydrogen-bond acceptors (Lipinski definition) is 4. The Hall–Kier alpha value is -1.88. The van der Waals surface area contributed by atoms with Gasteiger partial charge in [-0.25, -0.2) is 9.67 Å². The smallest absolute Gasteiger partial charge is 0.164 e. The monoisotopic (exact) mass is 274 g/mol. The van der Waals surface area contributed by atoms with Crippen LogP contribution in [-0.2, 0) is 13.1 Å². The Bertz CT molecular complexity index is 536. The summed E-state index contributed by atoms with van der Waals surface area (Å²) in [6.45, 7) is 6.76. The van der Waals surface area contributed by atoms with Crippen molar-refractivity contribution in [1.82, 2.24) is 20.1 Å². The molecule has 2 aromatic rings. The molecule has 0 amide bonds. The van der Waals surface area contributed by atoms with Gasteiger partial charge in [-0.2, -0.15) is 5.10 Å². The van der Waals surface area contributed by atoms with Crippen molar-refractivity contribution in [2.45, 2.75) is 26.9 Å². The summed E-state index contributed by atoms with van der Waals surface area (Å²) in [4.78, 5) is 4.31. The van der Waals surface area contributed by atoms with Crippen LogP contribution in [0.5, 0.6) is 5.75 Å². The average molecular weight is 274 g/mol. The summed E-state index contributed by atoms with van der Waals surface area (Å²) < 4.78 is 7.07. The fourth-order valence-electron chi connectivity index (χ4n) is 1.92. The molecule has 0 saturated carbocycles. The van der Waals surface area contributed by atoms with Crippen LogP contribution in [0.15, 0.2) is 30.6 Å². The number of methoxy groups -OCH3 is 1. The summed E-state index contributed by atoms with van der Waals surface area (Å²) in [5.41, 5.74) is 1.15. The zero-order valence-corrected chi connectivity index (χ0v) is 12.3. The normalized spacial score (nSPS) is 11.0. The number of nitrogens with one attached hydrogen (secondary N) is 1. The van der Waals surface area contributed by atoms with Crippen molar-refractivity contribution in [2.75, 3.05) is 13.7 Å². The standard InChI is InChI=1S/C15H22N4O/c1-12(2)8-16-9-15-17-11-19(18-15)10-13-5-4-6-14(7-13)20-3/h4-7,11-12,16H,8-10H2,1-3H3. The van der Waals surface area contributed by atoms with Gasteiger partial charge in [0.15, 0.2) is 5.82 Å². The predicted molar refractivity (Wildman–Crippen MR) is 78.7 cm³/mol. The molecular formula is C15H22N4O. The molecule has 0 fully saturated rings. The van der Waals surface area contributed by atoms with Crippen LogP contribution in [-0.4, -0.2) is 28.4 Å². The van der Waals surface area contributed by atoms with E-state index in [0.717, 1.165) is 23.7 Å². The van der Waals surface area contributed by atoms with Crippen molar-refractivity contribution >= 4 is 0 Å². The van der Waals surface area contributed by atoms with Gasteiger partial charge < -0.3 is 10.1 Å². The van der Waals surface area contributed by atoms with Crippen LogP contribution < -0.4 is 10.1 Å². The summed E-state index contributed by atoms with van der Waals surface area (Å²) in [6.07, 6.45) is 1.77. The second kappa shape index (κ2) is 7.05. The topological polar surface area (TPSA) is 52.0 Å². The molecule has 0 radical (unpaired) electrons. The average Bonchev–Trinajstić information content (AvgIpc) is 2.86. The van der Waals surface area contributed by atoms with Gasteiger partial charge >= 0.3 is 0 Å². The van der Waals surface area contributed by atoms with E-state index in [2.05, 4.69) is 35.3 Å². The largest absolute Gasteiger partial charge is 0.497 e. The third-order valence-corrected chi connectivity index (χ3v) is 2.90. The van der Waals surface area contributed by atoms with Gasteiger partial charge in [-0.1, -0.05) is 26.0 Å². The third-order valence-electron chi connectivity index (χ3n) is 2.90. The quantitative estimate of drug-likeness (QED) is 0.840. The van der Waals surface area contributed by atoms with Gasteiger partial charge in [0.05, 0.1) is 20.2 Å². The first-order valence-corrected chi connectivity index (χ1v) is 6.89. The molecule has 0 unspecified atom stereocenters. The maximum absolute atomic E-state index is 5.22. The van der Waals surface area contributed by atoms with Crippen molar-refractivity contribution in [2.24, 2.45) is 5.92 Å². The Morgan fingerprint density at radius 1 is 1.35 bits per heavy atom. The van der Waals surface area contributed by atoms with Gasteiger partial charge in [0.2, 0.25) is 0 Å². The van der Waals surface area contributed by atoms with E-state index in [9.17, 15) is 0 Å². The first kappa shape index (κ1) is 14.5. The molecule has 5 heteroatoms. The van der Waals surface area contributed by atoms with Crippen LogP contribution >= 0.6 is 0 Å². The molecule has 1 aromatic carbocycles. The van der Waals surface area contributed by atoms with Crippen LogP contribution in [0.1, 0.15) is 25.2 Å². The Labute approximate surface area is 120 Å². The summed E-state index contributed by atoms with van der Waals surface area (Å²) in [7, 11) is 1.67.